The summed E-state index contributed by atoms with van der Waals surface area (Å²) in [6.07, 6.45) is 4.34. The summed E-state index contributed by atoms with van der Waals surface area (Å²) in [6.45, 7) is 9.72. The van der Waals surface area contributed by atoms with Crippen molar-refractivity contribution in [1.29, 1.82) is 0 Å². The van der Waals surface area contributed by atoms with Crippen LogP contribution in [0.25, 0.3) is 0 Å². The highest BCUT2D eigenvalue weighted by atomic mass is 32.2. The molecule has 2 atom stereocenters. The summed E-state index contributed by atoms with van der Waals surface area (Å²) in [6, 6.07) is 0.971. The van der Waals surface area contributed by atoms with Crippen molar-refractivity contribution in [2.75, 3.05) is 31.9 Å². The molecule has 2 saturated heterocycles. The minimum Gasteiger partial charge on any atom is -0.314 e. The summed E-state index contributed by atoms with van der Waals surface area (Å²) in [5.74, 6) is 0.268. The predicted molar refractivity (Wildman–Crippen MR) is 86.9 cm³/mol. The third-order valence-corrected chi connectivity index (χ3v) is 6.65. The van der Waals surface area contributed by atoms with E-state index in [4.69, 9.17) is 0 Å². The van der Waals surface area contributed by atoms with E-state index in [0.29, 0.717) is 25.0 Å². The molecule has 2 aliphatic heterocycles. The fourth-order valence-electron chi connectivity index (χ4n) is 3.48. The van der Waals surface area contributed by atoms with E-state index >= 15 is 0 Å². The van der Waals surface area contributed by atoms with Gasteiger partial charge in [-0.1, -0.05) is 20.3 Å². The number of piperazine rings is 1. The molecule has 0 aliphatic carbocycles. The summed E-state index contributed by atoms with van der Waals surface area (Å²) in [5, 5.41) is 3.29. The lowest BCUT2D eigenvalue weighted by molar-refractivity contribution is 0.0564. The fraction of sp³-hybridized carbons (Fsp3) is 1.00. The summed E-state index contributed by atoms with van der Waals surface area (Å²) in [5.41, 5.74) is 0. The molecule has 0 amide bonds. The zero-order valence-electron chi connectivity index (χ0n) is 13.7. The molecule has 5 nitrogen and oxygen atoms in total. The fourth-order valence-corrected chi connectivity index (χ4v) is 5.23. The molecule has 1 N–H and O–H groups in total. The molecule has 2 rings (SSSR count). The lowest BCUT2D eigenvalue weighted by atomic mass is 9.99. The first-order valence-electron chi connectivity index (χ1n) is 8.37. The average Bonchev–Trinajstić information content (AvgIpc) is 2.42. The van der Waals surface area contributed by atoms with Gasteiger partial charge in [0.1, 0.15) is 0 Å². The Bertz CT molecular complexity index is 425. The van der Waals surface area contributed by atoms with Crippen LogP contribution in [0.1, 0.15) is 46.5 Å². The molecule has 2 unspecified atom stereocenters. The zero-order chi connectivity index (χ0) is 15.5. The van der Waals surface area contributed by atoms with Gasteiger partial charge in [-0.2, -0.15) is 4.31 Å². The maximum atomic E-state index is 12.6. The summed E-state index contributed by atoms with van der Waals surface area (Å²) in [7, 11) is -3.11. The Morgan fingerprint density at radius 1 is 1.24 bits per heavy atom. The second-order valence-electron chi connectivity index (χ2n) is 6.84. The monoisotopic (exact) mass is 317 g/mol. The van der Waals surface area contributed by atoms with Gasteiger partial charge < -0.3 is 5.32 Å². The van der Waals surface area contributed by atoms with Gasteiger partial charge in [0.2, 0.25) is 10.0 Å². The maximum Gasteiger partial charge on any atom is 0.214 e. The van der Waals surface area contributed by atoms with Crippen LogP contribution in [0.4, 0.5) is 0 Å². The van der Waals surface area contributed by atoms with E-state index in [2.05, 4.69) is 31.0 Å². The van der Waals surface area contributed by atoms with Crippen LogP contribution >= 0.6 is 0 Å². The Hall–Kier alpha value is -0.170. The second kappa shape index (κ2) is 7.40. The minimum atomic E-state index is -3.11. The van der Waals surface area contributed by atoms with Gasteiger partial charge in [-0.25, -0.2) is 8.42 Å². The molecule has 21 heavy (non-hydrogen) atoms. The third kappa shape index (κ3) is 4.65. The van der Waals surface area contributed by atoms with Gasteiger partial charge in [-0.15, -0.1) is 0 Å². The van der Waals surface area contributed by atoms with Crippen molar-refractivity contribution >= 4 is 10.0 Å². The van der Waals surface area contributed by atoms with Crippen LogP contribution in [0.15, 0.2) is 0 Å². The van der Waals surface area contributed by atoms with Gasteiger partial charge >= 0.3 is 0 Å². The van der Waals surface area contributed by atoms with Crippen molar-refractivity contribution in [3.8, 4) is 0 Å². The van der Waals surface area contributed by atoms with Gasteiger partial charge in [-0.05, 0) is 39.3 Å². The van der Waals surface area contributed by atoms with Crippen LogP contribution in [0.3, 0.4) is 0 Å². The number of hydrogen-bond acceptors (Lipinski definition) is 4. The molecule has 2 aliphatic rings. The first kappa shape index (κ1) is 17.2. The van der Waals surface area contributed by atoms with Gasteiger partial charge in [-0.3, -0.25) is 4.90 Å². The normalized spacial score (nSPS) is 28.8. The van der Waals surface area contributed by atoms with Crippen molar-refractivity contribution in [2.45, 2.75) is 64.6 Å². The van der Waals surface area contributed by atoms with Crippen LogP contribution < -0.4 is 5.32 Å². The zero-order valence-corrected chi connectivity index (χ0v) is 14.5. The molecule has 124 valence electrons. The van der Waals surface area contributed by atoms with Crippen LogP contribution in [0.2, 0.25) is 0 Å². The van der Waals surface area contributed by atoms with E-state index in [1.807, 2.05) is 0 Å². The van der Waals surface area contributed by atoms with E-state index in [1.54, 1.807) is 4.31 Å². The molecular formula is C15H31N3O2S. The number of nitrogens with one attached hydrogen (secondary N) is 1. The van der Waals surface area contributed by atoms with Crippen LogP contribution in [-0.2, 0) is 10.0 Å². The van der Waals surface area contributed by atoms with Crippen molar-refractivity contribution in [1.82, 2.24) is 14.5 Å². The quantitative estimate of drug-likeness (QED) is 0.750. The van der Waals surface area contributed by atoms with E-state index in [-0.39, 0.29) is 11.8 Å². The van der Waals surface area contributed by atoms with Crippen molar-refractivity contribution in [2.24, 2.45) is 0 Å². The predicted octanol–water partition coefficient (Wildman–Crippen LogP) is 1.26. The largest absolute Gasteiger partial charge is 0.314 e. The molecule has 0 spiro atoms. The highest BCUT2D eigenvalue weighted by Crippen LogP contribution is 2.26. The lowest BCUT2D eigenvalue weighted by Gasteiger charge is -2.46. The van der Waals surface area contributed by atoms with E-state index in [0.717, 1.165) is 26.1 Å². The molecule has 0 bridgehead atoms. The number of hydrogen-bond donors (Lipinski definition) is 1. The molecule has 6 heteroatoms. The Morgan fingerprint density at radius 3 is 2.71 bits per heavy atom. The molecule has 0 aromatic carbocycles. The van der Waals surface area contributed by atoms with Gasteiger partial charge in [0.15, 0.2) is 0 Å². The summed E-state index contributed by atoms with van der Waals surface area (Å²) in [4.78, 5) is 2.49. The molecular weight excluding hydrogens is 286 g/mol. The van der Waals surface area contributed by atoms with Crippen LogP contribution in [0.5, 0.6) is 0 Å². The summed E-state index contributed by atoms with van der Waals surface area (Å²) >= 11 is 0. The minimum absolute atomic E-state index is 0.113. The molecule has 2 heterocycles. The molecule has 0 radical (unpaired) electrons. The average molecular weight is 317 g/mol. The lowest BCUT2D eigenvalue weighted by Crippen LogP contribution is -2.60. The number of rotatable bonds is 6. The third-order valence-electron chi connectivity index (χ3n) is 4.62. The van der Waals surface area contributed by atoms with Crippen LogP contribution in [-0.4, -0.2) is 67.7 Å². The van der Waals surface area contributed by atoms with E-state index < -0.39 is 10.0 Å². The Labute approximate surface area is 130 Å². The Balaban J connectivity index is 1.89. The summed E-state index contributed by atoms with van der Waals surface area (Å²) < 4.78 is 27.0. The Morgan fingerprint density at radius 2 is 2.00 bits per heavy atom. The van der Waals surface area contributed by atoms with Crippen LogP contribution in [0, 0.1) is 0 Å². The topological polar surface area (TPSA) is 52.7 Å². The standard InChI is InChI=1S/C15H31N3O2S/c1-13(2)16-8-6-10-21(19,20)18-12-15-7-4-5-9-17(15)11-14(18)3/h13-16H,4-12H2,1-3H3. The van der Waals surface area contributed by atoms with E-state index in [9.17, 15) is 8.42 Å². The second-order valence-corrected chi connectivity index (χ2v) is 8.88. The Kier molecular flexibility index (Phi) is 6.05. The van der Waals surface area contributed by atoms with E-state index in [1.165, 1.54) is 12.8 Å². The number of piperidine rings is 1. The first-order chi connectivity index (χ1) is 9.90. The number of fused-ring (bicyclic) bond motifs is 1. The van der Waals surface area contributed by atoms with Crippen molar-refractivity contribution < 1.29 is 8.42 Å². The molecule has 0 saturated carbocycles. The molecule has 0 aromatic heterocycles. The highest BCUT2D eigenvalue weighted by Gasteiger charge is 2.38. The van der Waals surface area contributed by atoms with Gasteiger partial charge in [0.25, 0.3) is 0 Å². The molecule has 2 fully saturated rings. The number of sulfonamides is 1. The number of nitrogens with zero attached hydrogens (tertiary/aromatic N) is 2. The SMILES string of the molecule is CC(C)NCCCS(=O)(=O)N1CC2CCCCN2CC1C. The van der Waals surface area contributed by atoms with Crippen molar-refractivity contribution in [3.05, 3.63) is 0 Å². The van der Waals surface area contributed by atoms with Gasteiger partial charge in [0, 0.05) is 31.2 Å². The smallest absolute Gasteiger partial charge is 0.214 e. The van der Waals surface area contributed by atoms with Crippen molar-refractivity contribution in [3.63, 3.8) is 0 Å². The van der Waals surface area contributed by atoms with Gasteiger partial charge in [0.05, 0.1) is 5.75 Å². The molecule has 0 aromatic rings. The maximum absolute atomic E-state index is 12.6. The highest BCUT2D eigenvalue weighted by molar-refractivity contribution is 7.89. The first-order valence-corrected chi connectivity index (χ1v) is 9.98.